The molecule has 0 radical (unpaired) electrons. The van der Waals surface area contributed by atoms with E-state index in [1.807, 2.05) is 10.3 Å². The van der Waals surface area contributed by atoms with Gasteiger partial charge < -0.3 is 14.2 Å². The average Bonchev–Trinajstić information content (AvgIpc) is 2.65. The minimum Gasteiger partial charge on any atom is -0.486 e. The van der Waals surface area contributed by atoms with Gasteiger partial charge in [0.1, 0.15) is 19.0 Å². The van der Waals surface area contributed by atoms with E-state index in [1.54, 1.807) is 0 Å². The lowest BCUT2D eigenvalue weighted by molar-refractivity contribution is -0.274. The molecule has 0 saturated carbocycles. The van der Waals surface area contributed by atoms with E-state index in [9.17, 15) is 26.4 Å². The Kier molecular flexibility index (Phi) is 5.34. The Bertz CT molecular complexity index is 977. The lowest BCUT2D eigenvalue weighted by atomic mass is 10.2. The van der Waals surface area contributed by atoms with E-state index in [2.05, 4.69) is 4.74 Å². The van der Waals surface area contributed by atoms with Gasteiger partial charge in [-0.15, -0.1) is 18.0 Å². The molecule has 2 aromatic carbocycles. The van der Waals surface area contributed by atoms with Crippen molar-refractivity contribution in [2.24, 2.45) is 0 Å². The highest BCUT2D eigenvalue weighted by atomic mass is 32.2. The zero-order valence-electron chi connectivity index (χ0n) is 13.9. The second-order valence-corrected chi connectivity index (χ2v) is 7.12. The van der Waals surface area contributed by atoms with E-state index in [-0.39, 0.29) is 10.5 Å². The van der Waals surface area contributed by atoms with Crippen molar-refractivity contribution >= 4 is 15.9 Å². The van der Waals surface area contributed by atoms with Gasteiger partial charge in [0.2, 0.25) is 0 Å². The number of ether oxygens (including phenoxy) is 3. The van der Waals surface area contributed by atoms with Crippen molar-refractivity contribution in [3.8, 4) is 17.2 Å². The van der Waals surface area contributed by atoms with Gasteiger partial charge in [-0.2, -0.15) is 0 Å². The smallest absolute Gasteiger partial charge is 0.486 e. The number of carbonyl (C=O) groups is 1. The van der Waals surface area contributed by atoms with Gasteiger partial charge in [-0.05, 0) is 42.5 Å². The molecule has 0 fully saturated rings. The fraction of sp³-hybridized carbons (Fsp3) is 0.188. The molecule has 28 heavy (non-hydrogen) atoms. The van der Waals surface area contributed by atoms with Crippen molar-refractivity contribution in [3.05, 3.63) is 48.0 Å². The van der Waals surface area contributed by atoms with Gasteiger partial charge in [-0.3, -0.25) is 10.2 Å². The van der Waals surface area contributed by atoms with Crippen molar-refractivity contribution in [1.82, 2.24) is 10.3 Å². The van der Waals surface area contributed by atoms with E-state index in [4.69, 9.17) is 9.47 Å². The molecule has 3 rings (SSSR count). The number of sulfonamides is 1. The normalized spacial score (nSPS) is 13.7. The third kappa shape index (κ3) is 4.84. The van der Waals surface area contributed by atoms with Crippen LogP contribution >= 0.6 is 0 Å². The fourth-order valence-electron chi connectivity index (χ4n) is 2.25. The molecule has 0 saturated heterocycles. The van der Waals surface area contributed by atoms with Gasteiger partial charge in [0.15, 0.2) is 11.5 Å². The van der Waals surface area contributed by atoms with Crippen LogP contribution < -0.4 is 24.5 Å². The first kappa shape index (κ1) is 19.8. The Morgan fingerprint density at radius 3 is 2.29 bits per heavy atom. The molecule has 0 aliphatic carbocycles. The highest BCUT2D eigenvalue weighted by Gasteiger charge is 2.31. The Morgan fingerprint density at radius 2 is 1.64 bits per heavy atom. The zero-order chi connectivity index (χ0) is 20.4. The Hall–Kier alpha value is -2.99. The van der Waals surface area contributed by atoms with Crippen LogP contribution in [0.25, 0.3) is 0 Å². The number of hydrogen-bond acceptors (Lipinski definition) is 6. The maximum atomic E-state index is 12.2. The zero-order valence-corrected chi connectivity index (χ0v) is 14.8. The first-order chi connectivity index (χ1) is 13.1. The van der Waals surface area contributed by atoms with E-state index < -0.39 is 28.0 Å². The number of carbonyl (C=O) groups excluding carboxylic acids is 1. The highest BCUT2D eigenvalue weighted by Crippen LogP contribution is 2.30. The van der Waals surface area contributed by atoms with Crippen LogP contribution in [0.3, 0.4) is 0 Å². The Morgan fingerprint density at radius 1 is 1.00 bits per heavy atom. The molecule has 2 N–H and O–H groups in total. The second kappa shape index (κ2) is 7.56. The van der Waals surface area contributed by atoms with Gasteiger partial charge in [-0.25, -0.2) is 8.42 Å². The SMILES string of the molecule is O=C(NNS(=O)(=O)c1ccc(OC(F)(F)F)cc1)c1ccc2c(c1)OCCO2. The first-order valence-corrected chi connectivity index (χ1v) is 9.20. The van der Waals surface area contributed by atoms with Gasteiger partial charge in [0.25, 0.3) is 15.9 Å². The van der Waals surface area contributed by atoms with E-state index in [1.165, 1.54) is 18.2 Å². The second-order valence-electron chi connectivity index (χ2n) is 5.44. The standard InChI is InChI=1S/C16H13F3N2O6S/c17-16(18,19)27-11-2-4-12(5-3-11)28(23,24)21-20-15(22)10-1-6-13-14(9-10)26-8-7-25-13/h1-6,9,21H,7-8H2,(H,20,22). The summed E-state index contributed by atoms with van der Waals surface area (Å²) in [5, 5.41) is 0. The number of fused-ring (bicyclic) bond motifs is 1. The maximum absolute atomic E-state index is 12.2. The number of halogens is 3. The topological polar surface area (TPSA) is 103 Å². The van der Waals surface area contributed by atoms with Gasteiger partial charge in [0, 0.05) is 5.56 Å². The predicted molar refractivity (Wildman–Crippen MR) is 88.3 cm³/mol. The van der Waals surface area contributed by atoms with E-state index in [0.29, 0.717) is 24.7 Å². The van der Waals surface area contributed by atoms with Crippen LogP contribution in [0, 0.1) is 0 Å². The lowest BCUT2D eigenvalue weighted by Crippen LogP contribution is -2.41. The van der Waals surface area contributed by atoms with Crippen LogP contribution in [0.15, 0.2) is 47.4 Å². The summed E-state index contributed by atoms with van der Waals surface area (Å²) in [4.78, 5) is 13.6. The Labute approximate surface area is 157 Å². The van der Waals surface area contributed by atoms with Crippen molar-refractivity contribution in [2.75, 3.05) is 13.2 Å². The summed E-state index contributed by atoms with van der Waals surface area (Å²) in [6.07, 6.45) is -4.89. The maximum Gasteiger partial charge on any atom is 0.573 e. The molecule has 1 aliphatic rings. The molecule has 150 valence electrons. The minimum atomic E-state index is -4.89. The molecule has 0 aromatic heterocycles. The summed E-state index contributed by atoms with van der Waals surface area (Å²) < 4.78 is 75.1. The number of hydrogen-bond donors (Lipinski definition) is 2. The molecule has 2 aromatic rings. The van der Waals surface area contributed by atoms with Crippen LogP contribution in [0.1, 0.15) is 10.4 Å². The summed E-state index contributed by atoms with van der Waals surface area (Å²) >= 11 is 0. The lowest BCUT2D eigenvalue weighted by Gasteiger charge is -2.18. The van der Waals surface area contributed by atoms with Crippen LogP contribution in [-0.2, 0) is 10.0 Å². The van der Waals surface area contributed by atoms with Crippen LogP contribution in [0.4, 0.5) is 13.2 Å². The van der Waals surface area contributed by atoms with E-state index in [0.717, 1.165) is 24.3 Å². The fourth-order valence-corrected chi connectivity index (χ4v) is 3.09. The van der Waals surface area contributed by atoms with Gasteiger partial charge in [0.05, 0.1) is 4.90 Å². The average molecular weight is 418 g/mol. The third-order valence-corrected chi connectivity index (χ3v) is 4.73. The van der Waals surface area contributed by atoms with Gasteiger partial charge >= 0.3 is 6.36 Å². The third-order valence-electron chi connectivity index (χ3n) is 3.47. The molecule has 12 heteroatoms. The largest absolute Gasteiger partial charge is 0.573 e. The molecule has 0 bridgehead atoms. The number of hydrazine groups is 1. The summed E-state index contributed by atoms with van der Waals surface area (Å²) in [5.41, 5.74) is 2.12. The number of benzene rings is 2. The predicted octanol–water partition coefficient (Wildman–Crippen LogP) is 1.98. The highest BCUT2D eigenvalue weighted by molar-refractivity contribution is 7.89. The first-order valence-electron chi connectivity index (χ1n) is 7.72. The summed E-state index contributed by atoms with van der Waals surface area (Å²) in [6, 6.07) is 7.80. The van der Waals surface area contributed by atoms with E-state index >= 15 is 0 Å². The quantitative estimate of drug-likeness (QED) is 0.720. The minimum absolute atomic E-state index is 0.112. The van der Waals surface area contributed by atoms with Gasteiger partial charge in [-0.1, -0.05) is 0 Å². The molecular weight excluding hydrogens is 405 g/mol. The summed E-state index contributed by atoms with van der Waals surface area (Å²) in [7, 11) is -4.22. The van der Waals surface area contributed by atoms with Crippen LogP contribution in [-0.4, -0.2) is 33.9 Å². The molecular formula is C16H13F3N2O6S. The summed E-state index contributed by atoms with van der Waals surface area (Å²) in [5.74, 6) is -0.532. The molecule has 1 aliphatic heterocycles. The molecule has 8 nitrogen and oxygen atoms in total. The molecule has 1 amide bonds. The molecule has 1 heterocycles. The summed E-state index contributed by atoms with van der Waals surface area (Å²) in [6.45, 7) is 0.698. The number of rotatable bonds is 5. The molecule has 0 spiro atoms. The van der Waals surface area contributed by atoms with Crippen molar-refractivity contribution in [2.45, 2.75) is 11.3 Å². The van der Waals surface area contributed by atoms with Crippen molar-refractivity contribution < 1.29 is 40.6 Å². The van der Waals surface area contributed by atoms with Crippen LogP contribution in [0.2, 0.25) is 0 Å². The monoisotopic (exact) mass is 418 g/mol. The number of amides is 1. The number of nitrogens with one attached hydrogen (secondary N) is 2. The Balaban J connectivity index is 1.65. The molecule has 0 atom stereocenters. The number of alkyl halides is 3. The van der Waals surface area contributed by atoms with Crippen molar-refractivity contribution in [1.29, 1.82) is 0 Å². The molecule has 0 unspecified atom stereocenters. The van der Waals surface area contributed by atoms with Crippen LogP contribution in [0.5, 0.6) is 17.2 Å². The van der Waals surface area contributed by atoms with Crippen molar-refractivity contribution in [3.63, 3.8) is 0 Å².